The summed E-state index contributed by atoms with van der Waals surface area (Å²) in [6, 6.07) is 20.8. The van der Waals surface area contributed by atoms with Crippen LogP contribution in [0.3, 0.4) is 0 Å². The van der Waals surface area contributed by atoms with Gasteiger partial charge >= 0.3 is 5.97 Å². The number of para-hydroxylation sites is 1. The number of aliphatic carboxylic acids is 1. The highest BCUT2D eigenvalue weighted by Crippen LogP contribution is 2.36. The van der Waals surface area contributed by atoms with Crippen LogP contribution in [0.2, 0.25) is 5.02 Å². The summed E-state index contributed by atoms with van der Waals surface area (Å²) in [7, 11) is 1.91. The third-order valence-electron chi connectivity index (χ3n) is 9.39. The van der Waals surface area contributed by atoms with E-state index in [4.69, 9.17) is 20.8 Å². The number of carbonyl (C=O) groups is 3. The van der Waals surface area contributed by atoms with E-state index in [0.717, 1.165) is 66.4 Å². The lowest BCUT2D eigenvalue weighted by molar-refractivity contribution is -0.139. The number of ether oxygens (including phenoxy) is 1. The van der Waals surface area contributed by atoms with Crippen LogP contribution >= 0.6 is 11.6 Å². The molecule has 6 aromatic rings. The largest absolute Gasteiger partial charge is 0.494 e. The number of aryl methyl sites for hydroxylation is 5. The molecule has 3 aromatic carbocycles. The van der Waals surface area contributed by atoms with Crippen LogP contribution in [-0.4, -0.2) is 50.3 Å². The van der Waals surface area contributed by atoms with E-state index in [1.807, 2.05) is 88.0 Å². The van der Waals surface area contributed by atoms with E-state index in [9.17, 15) is 19.5 Å². The molecule has 4 N–H and O–H groups in total. The first-order chi connectivity index (χ1) is 25.4. The molecule has 0 aliphatic carbocycles. The average Bonchev–Trinajstić information content (AvgIpc) is 3.83. The van der Waals surface area contributed by atoms with Gasteiger partial charge in [-0.25, -0.2) is 4.79 Å². The van der Waals surface area contributed by atoms with Gasteiger partial charge in [-0.3, -0.25) is 14.3 Å². The van der Waals surface area contributed by atoms with E-state index in [2.05, 4.69) is 20.7 Å². The van der Waals surface area contributed by atoms with Crippen molar-refractivity contribution in [3.05, 3.63) is 129 Å². The molecule has 11 nitrogen and oxygen atoms in total. The van der Waals surface area contributed by atoms with Crippen molar-refractivity contribution >= 4 is 40.3 Å². The molecule has 3 aromatic heterocycles. The summed E-state index contributed by atoms with van der Waals surface area (Å²) < 4.78 is 13.7. The lowest BCUT2D eigenvalue weighted by Gasteiger charge is -2.13. The number of carbonyl (C=O) groups excluding carboxylic acids is 2. The van der Waals surface area contributed by atoms with E-state index < -0.39 is 17.9 Å². The zero-order valence-electron chi connectivity index (χ0n) is 30.3. The van der Waals surface area contributed by atoms with Crippen molar-refractivity contribution < 1.29 is 28.6 Å². The van der Waals surface area contributed by atoms with Crippen molar-refractivity contribution in [3.8, 4) is 16.9 Å². The van der Waals surface area contributed by atoms with Gasteiger partial charge in [0.05, 0.1) is 24.4 Å². The summed E-state index contributed by atoms with van der Waals surface area (Å²) in [4.78, 5) is 42.2. The number of amides is 2. The number of nitrogens with one attached hydrogen (secondary N) is 3. The van der Waals surface area contributed by atoms with Crippen molar-refractivity contribution in [2.45, 2.75) is 59.5 Å². The molecule has 53 heavy (non-hydrogen) atoms. The Balaban J connectivity index is 1.20. The van der Waals surface area contributed by atoms with Crippen molar-refractivity contribution in [3.63, 3.8) is 0 Å². The number of nitrogens with zero attached hydrogens (tertiary/aromatic N) is 2. The molecule has 0 saturated heterocycles. The van der Waals surface area contributed by atoms with E-state index in [0.29, 0.717) is 30.9 Å². The number of aromatic amines is 1. The number of fused-ring (bicyclic) bond motifs is 1. The smallest absolute Gasteiger partial charge is 0.326 e. The second kappa shape index (κ2) is 15.8. The second-order valence-electron chi connectivity index (χ2n) is 13.2. The van der Waals surface area contributed by atoms with Crippen LogP contribution in [0.15, 0.2) is 77.2 Å². The minimum absolute atomic E-state index is 0.000643. The Labute approximate surface area is 312 Å². The zero-order valence-corrected chi connectivity index (χ0v) is 31.1. The van der Waals surface area contributed by atoms with Crippen molar-refractivity contribution in [2.24, 2.45) is 7.05 Å². The van der Waals surface area contributed by atoms with Gasteiger partial charge in [0.15, 0.2) is 5.76 Å². The SMILES string of the molecule is Cc1cc(OCCCc2c(C(=O)NCc3ccc(C(=O)N[C@@H](Cc4ccccc4)C(=O)O)o3)[nH]c3c(-c4c(C)nn(C)c4C)cccc23)cc(C)c1Cl. The predicted octanol–water partition coefficient (Wildman–Crippen LogP) is 7.42. The zero-order chi connectivity index (χ0) is 37.8. The monoisotopic (exact) mass is 735 g/mol. The number of furan rings is 1. The Morgan fingerprint density at radius 2 is 1.72 bits per heavy atom. The van der Waals surface area contributed by atoms with Gasteiger partial charge in [-0.2, -0.15) is 5.10 Å². The van der Waals surface area contributed by atoms with Crippen LogP contribution in [0.25, 0.3) is 22.0 Å². The van der Waals surface area contributed by atoms with Crippen LogP contribution in [0, 0.1) is 27.7 Å². The van der Waals surface area contributed by atoms with E-state index in [1.54, 1.807) is 18.2 Å². The number of aromatic nitrogens is 3. The van der Waals surface area contributed by atoms with Gasteiger partial charge in [0.1, 0.15) is 23.2 Å². The highest BCUT2D eigenvalue weighted by atomic mass is 35.5. The maximum absolute atomic E-state index is 13.9. The maximum atomic E-state index is 13.9. The summed E-state index contributed by atoms with van der Waals surface area (Å²) in [5, 5.41) is 21.4. The fourth-order valence-electron chi connectivity index (χ4n) is 6.66. The third kappa shape index (κ3) is 8.15. The van der Waals surface area contributed by atoms with Crippen LogP contribution < -0.4 is 15.4 Å². The number of benzene rings is 3. The molecule has 274 valence electrons. The second-order valence-corrected chi connectivity index (χ2v) is 13.6. The Hall–Kier alpha value is -5.81. The maximum Gasteiger partial charge on any atom is 0.326 e. The first-order valence-corrected chi connectivity index (χ1v) is 17.8. The molecule has 2 amide bonds. The summed E-state index contributed by atoms with van der Waals surface area (Å²) >= 11 is 6.35. The molecule has 1 atom stereocenters. The highest BCUT2D eigenvalue weighted by Gasteiger charge is 2.25. The standard InChI is InChI=1S/C41H42ClN5O6/c1-23-19-29(20-24(2)36(23)42)52-18-10-15-31-30-13-9-14-32(35-25(3)46-47(5)26(35)4)37(30)45-38(31)40(49)43-22-28-16-17-34(53-28)39(48)44-33(41(50)51)21-27-11-7-6-8-12-27/h6-9,11-14,16-17,19-20,33,45H,10,15,18,21-22H2,1-5H3,(H,43,49)(H,44,48)(H,50,51)/t33-/m0/s1. The quantitative estimate of drug-likeness (QED) is 0.0851. The van der Waals surface area contributed by atoms with E-state index in [1.165, 1.54) is 6.07 Å². The Kier molecular flexibility index (Phi) is 11.0. The molecule has 0 unspecified atom stereocenters. The molecule has 0 aliphatic rings. The average molecular weight is 736 g/mol. The molecule has 0 bridgehead atoms. The van der Waals surface area contributed by atoms with Crippen molar-refractivity contribution in [1.82, 2.24) is 25.4 Å². The molecule has 0 aliphatic heterocycles. The summed E-state index contributed by atoms with van der Waals surface area (Å²) in [6.07, 6.45) is 1.32. The van der Waals surface area contributed by atoms with Crippen molar-refractivity contribution in [2.75, 3.05) is 6.61 Å². The van der Waals surface area contributed by atoms with Crippen LogP contribution in [0.1, 0.15) is 66.9 Å². The molecule has 12 heteroatoms. The number of hydrogen-bond acceptors (Lipinski definition) is 6. The van der Waals surface area contributed by atoms with Crippen molar-refractivity contribution in [1.29, 1.82) is 0 Å². The van der Waals surface area contributed by atoms with Gasteiger partial charge in [-0.05, 0) is 87.1 Å². The van der Waals surface area contributed by atoms with E-state index >= 15 is 0 Å². The van der Waals surface area contributed by atoms with Gasteiger partial charge in [-0.1, -0.05) is 60.1 Å². The Morgan fingerprint density at radius 1 is 0.981 bits per heavy atom. The van der Waals surface area contributed by atoms with Gasteiger partial charge in [0, 0.05) is 40.7 Å². The van der Waals surface area contributed by atoms with Gasteiger partial charge in [0.2, 0.25) is 0 Å². The lowest BCUT2D eigenvalue weighted by atomic mass is 9.98. The predicted molar refractivity (Wildman–Crippen MR) is 204 cm³/mol. The molecule has 0 saturated carbocycles. The number of carboxylic acid groups (broad SMARTS) is 1. The first kappa shape index (κ1) is 37.0. The topological polar surface area (TPSA) is 151 Å². The summed E-state index contributed by atoms with van der Waals surface area (Å²) in [5.41, 5.74) is 8.61. The molecule has 0 spiro atoms. The van der Waals surface area contributed by atoms with Gasteiger partial charge in [-0.15, -0.1) is 0 Å². The Morgan fingerprint density at radius 3 is 2.40 bits per heavy atom. The molecule has 0 fully saturated rings. The van der Waals surface area contributed by atoms with Crippen LogP contribution in [-0.2, 0) is 31.2 Å². The molecular formula is C41H42ClN5O6. The van der Waals surface area contributed by atoms with Gasteiger partial charge < -0.3 is 29.9 Å². The first-order valence-electron chi connectivity index (χ1n) is 17.4. The van der Waals surface area contributed by atoms with E-state index in [-0.39, 0.29) is 24.6 Å². The number of H-pyrrole nitrogens is 1. The number of rotatable bonds is 14. The third-order valence-corrected chi connectivity index (χ3v) is 9.99. The molecule has 6 rings (SSSR count). The normalized spacial score (nSPS) is 11.8. The summed E-state index contributed by atoms with van der Waals surface area (Å²) in [6.45, 7) is 8.32. The number of carboxylic acids is 1. The molecular weight excluding hydrogens is 694 g/mol. The fourth-order valence-corrected chi connectivity index (χ4v) is 6.77. The lowest BCUT2D eigenvalue weighted by Crippen LogP contribution is -2.42. The Bertz CT molecular complexity index is 2280. The minimum Gasteiger partial charge on any atom is -0.494 e. The highest BCUT2D eigenvalue weighted by molar-refractivity contribution is 6.32. The minimum atomic E-state index is -1.16. The fraction of sp³-hybridized carbons (Fsp3) is 0.268. The molecule has 0 radical (unpaired) electrons. The van der Waals surface area contributed by atoms with Crippen LogP contribution in [0.5, 0.6) is 5.75 Å². The number of hydrogen-bond donors (Lipinski definition) is 4. The van der Waals surface area contributed by atoms with Crippen LogP contribution in [0.4, 0.5) is 0 Å². The number of halogens is 1. The summed E-state index contributed by atoms with van der Waals surface area (Å²) in [5.74, 6) is -1.15. The molecule has 3 heterocycles. The van der Waals surface area contributed by atoms with Gasteiger partial charge in [0.25, 0.3) is 11.8 Å².